The Hall–Kier alpha value is -0.830. The quantitative estimate of drug-likeness (QED) is 0.666. The lowest BCUT2D eigenvalue weighted by molar-refractivity contribution is 0.531. The average Bonchev–Trinajstić information content (AvgIpc) is 2.47. The van der Waals surface area contributed by atoms with Gasteiger partial charge in [0, 0.05) is 15.5 Å². The molecule has 3 heteroatoms. The molecule has 0 bridgehead atoms. The molecule has 0 fully saturated rings. The molecule has 0 aliphatic carbocycles. The zero-order valence-corrected chi connectivity index (χ0v) is 14.8. The van der Waals surface area contributed by atoms with Gasteiger partial charge >= 0.3 is 0 Å². The number of hydrogen-bond acceptors (Lipinski definition) is 1. The van der Waals surface area contributed by atoms with Crippen LogP contribution in [0, 0.1) is 0 Å². The molecule has 0 saturated heterocycles. The lowest BCUT2D eigenvalue weighted by Gasteiger charge is -2.18. The summed E-state index contributed by atoms with van der Waals surface area (Å²) in [5.74, 6) is 0.561. The Kier molecular flexibility index (Phi) is 6.28. The van der Waals surface area contributed by atoms with Crippen molar-refractivity contribution in [1.29, 1.82) is 0 Å². The molecular weight excluding hydrogens is 346 g/mol. The van der Waals surface area contributed by atoms with Crippen molar-refractivity contribution in [3.05, 3.63) is 69.2 Å². The molecule has 1 N–H and O–H groups in total. The summed E-state index contributed by atoms with van der Waals surface area (Å²) < 4.78 is 1.01. The van der Waals surface area contributed by atoms with Crippen LogP contribution in [0.3, 0.4) is 0 Å². The summed E-state index contributed by atoms with van der Waals surface area (Å²) in [7, 11) is 0. The van der Waals surface area contributed by atoms with Crippen molar-refractivity contribution in [2.45, 2.75) is 32.2 Å². The van der Waals surface area contributed by atoms with Crippen LogP contribution in [0.5, 0.6) is 0 Å². The van der Waals surface area contributed by atoms with Crippen LogP contribution in [-0.2, 0) is 0 Å². The molecule has 0 aliphatic rings. The van der Waals surface area contributed by atoms with E-state index in [0.29, 0.717) is 5.92 Å². The van der Waals surface area contributed by atoms with Crippen molar-refractivity contribution in [1.82, 2.24) is 5.32 Å². The molecule has 0 radical (unpaired) electrons. The van der Waals surface area contributed by atoms with Crippen molar-refractivity contribution in [3.63, 3.8) is 0 Å². The Labute approximate surface area is 140 Å². The minimum atomic E-state index is 0.258. The van der Waals surface area contributed by atoms with E-state index in [1.165, 1.54) is 5.56 Å². The highest BCUT2D eigenvalue weighted by molar-refractivity contribution is 9.10. The first-order chi connectivity index (χ1) is 10.1. The van der Waals surface area contributed by atoms with E-state index in [1.54, 1.807) is 0 Å². The SMILES string of the molecule is CC(CCNC(C)c1ccc(Br)cc1Cl)c1ccccc1. The summed E-state index contributed by atoms with van der Waals surface area (Å²) in [6, 6.07) is 17.0. The molecule has 0 amide bonds. The van der Waals surface area contributed by atoms with Gasteiger partial charge in [0.1, 0.15) is 0 Å². The molecule has 2 atom stereocenters. The average molecular weight is 367 g/mol. The summed E-state index contributed by atoms with van der Waals surface area (Å²) in [6.45, 7) is 5.40. The smallest absolute Gasteiger partial charge is 0.0464 e. The Morgan fingerprint density at radius 3 is 2.48 bits per heavy atom. The second kappa shape index (κ2) is 7.98. The van der Waals surface area contributed by atoms with Gasteiger partial charge in [-0.25, -0.2) is 0 Å². The summed E-state index contributed by atoms with van der Waals surface area (Å²) >= 11 is 9.73. The van der Waals surface area contributed by atoms with Gasteiger partial charge in [0.05, 0.1) is 0 Å². The van der Waals surface area contributed by atoms with Crippen molar-refractivity contribution >= 4 is 27.5 Å². The summed E-state index contributed by atoms with van der Waals surface area (Å²) in [6.07, 6.45) is 1.11. The Balaban J connectivity index is 1.85. The van der Waals surface area contributed by atoms with E-state index in [9.17, 15) is 0 Å². The van der Waals surface area contributed by atoms with E-state index < -0.39 is 0 Å². The lowest BCUT2D eigenvalue weighted by Crippen LogP contribution is -2.21. The second-order valence-corrected chi connectivity index (χ2v) is 6.76. The van der Waals surface area contributed by atoms with Crippen LogP contribution in [0.15, 0.2) is 53.0 Å². The van der Waals surface area contributed by atoms with Crippen molar-refractivity contribution in [3.8, 4) is 0 Å². The number of hydrogen-bond donors (Lipinski definition) is 1. The Morgan fingerprint density at radius 1 is 1.10 bits per heavy atom. The molecule has 112 valence electrons. The normalized spacial score (nSPS) is 13.9. The number of rotatable bonds is 6. The molecular formula is C18H21BrClN. The minimum absolute atomic E-state index is 0.258. The standard InChI is InChI=1S/C18H21BrClN/c1-13(15-6-4-3-5-7-15)10-11-21-14(2)17-9-8-16(19)12-18(17)20/h3-9,12-14,21H,10-11H2,1-2H3. The van der Waals surface area contributed by atoms with Gasteiger partial charge in [-0.3, -0.25) is 0 Å². The van der Waals surface area contributed by atoms with Crippen molar-refractivity contribution < 1.29 is 0 Å². The monoisotopic (exact) mass is 365 g/mol. The summed E-state index contributed by atoms with van der Waals surface area (Å²) in [5.41, 5.74) is 2.54. The first-order valence-electron chi connectivity index (χ1n) is 7.31. The van der Waals surface area contributed by atoms with Crippen molar-refractivity contribution in [2.24, 2.45) is 0 Å². The first kappa shape index (κ1) is 16.5. The molecule has 0 aromatic heterocycles. The van der Waals surface area contributed by atoms with E-state index in [0.717, 1.165) is 28.0 Å². The van der Waals surface area contributed by atoms with E-state index in [-0.39, 0.29) is 6.04 Å². The number of benzene rings is 2. The maximum Gasteiger partial charge on any atom is 0.0464 e. The van der Waals surface area contributed by atoms with Gasteiger partial charge in [0.15, 0.2) is 0 Å². The number of nitrogens with one attached hydrogen (secondary N) is 1. The van der Waals surface area contributed by atoms with E-state index in [2.05, 4.69) is 71.5 Å². The molecule has 2 aromatic rings. The van der Waals surface area contributed by atoms with Crippen LogP contribution in [0.1, 0.15) is 43.4 Å². The van der Waals surface area contributed by atoms with Gasteiger partial charge in [-0.2, -0.15) is 0 Å². The molecule has 0 aliphatic heterocycles. The molecule has 0 saturated carbocycles. The molecule has 2 aromatic carbocycles. The molecule has 2 unspecified atom stereocenters. The maximum atomic E-state index is 6.29. The van der Waals surface area contributed by atoms with Gasteiger partial charge in [-0.05, 0) is 49.1 Å². The van der Waals surface area contributed by atoms with Gasteiger partial charge in [-0.1, -0.05) is 70.9 Å². The highest BCUT2D eigenvalue weighted by Gasteiger charge is 2.10. The molecule has 21 heavy (non-hydrogen) atoms. The first-order valence-corrected chi connectivity index (χ1v) is 8.48. The fourth-order valence-electron chi connectivity index (χ4n) is 2.43. The van der Waals surface area contributed by atoms with E-state index in [4.69, 9.17) is 11.6 Å². The van der Waals surface area contributed by atoms with Crippen LogP contribution < -0.4 is 5.32 Å². The predicted molar refractivity (Wildman–Crippen MR) is 95.0 cm³/mol. The Morgan fingerprint density at radius 2 is 1.81 bits per heavy atom. The second-order valence-electron chi connectivity index (χ2n) is 5.44. The maximum absolute atomic E-state index is 6.29. The lowest BCUT2D eigenvalue weighted by atomic mass is 9.97. The fourth-order valence-corrected chi connectivity index (χ4v) is 3.26. The van der Waals surface area contributed by atoms with Gasteiger partial charge in [0.2, 0.25) is 0 Å². The van der Waals surface area contributed by atoms with E-state index >= 15 is 0 Å². The third kappa shape index (κ3) is 4.84. The third-order valence-corrected chi connectivity index (χ3v) is 4.65. The van der Waals surface area contributed by atoms with Crippen molar-refractivity contribution in [2.75, 3.05) is 6.54 Å². The summed E-state index contributed by atoms with van der Waals surface area (Å²) in [5, 5.41) is 4.37. The van der Waals surface area contributed by atoms with Gasteiger partial charge in [-0.15, -0.1) is 0 Å². The topological polar surface area (TPSA) is 12.0 Å². The highest BCUT2D eigenvalue weighted by Crippen LogP contribution is 2.26. The zero-order chi connectivity index (χ0) is 15.2. The molecule has 0 spiro atoms. The van der Waals surface area contributed by atoms with Crippen LogP contribution in [-0.4, -0.2) is 6.54 Å². The highest BCUT2D eigenvalue weighted by atomic mass is 79.9. The predicted octanol–water partition coefficient (Wildman–Crippen LogP) is 5.95. The van der Waals surface area contributed by atoms with Gasteiger partial charge < -0.3 is 5.32 Å². The molecule has 0 heterocycles. The molecule has 1 nitrogen and oxygen atoms in total. The molecule has 2 rings (SSSR count). The fraction of sp³-hybridized carbons (Fsp3) is 0.333. The van der Waals surface area contributed by atoms with Crippen LogP contribution >= 0.6 is 27.5 Å². The largest absolute Gasteiger partial charge is 0.310 e. The number of halogens is 2. The van der Waals surface area contributed by atoms with Crippen LogP contribution in [0.25, 0.3) is 0 Å². The Bertz CT molecular complexity index is 571. The minimum Gasteiger partial charge on any atom is -0.310 e. The van der Waals surface area contributed by atoms with E-state index in [1.807, 2.05) is 12.1 Å². The van der Waals surface area contributed by atoms with Gasteiger partial charge in [0.25, 0.3) is 0 Å². The van der Waals surface area contributed by atoms with Crippen LogP contribution in [0.2, 0.25) is 5.02 Å². The zero-order valence-electron chi connectivity index (χ0n) is 12.4. The van der Waals surface area contributed by atoms with Crippen LogP contribution in [0.4, 0.5) is 0 Å². The third-order valence-electron chi connectivity index (χ3n) is 3.83. The summed E-state index contributed by atoms with van der Waals surface area (Å²) in [4.78, 5) is 0.